The number of rotatable bonds is 4. The maximum absolute atomic E-state index is 9.53. The van der Waals surface area contributed by atoms with E-state index in [4.69, 9.17) is 4.74 Å². The van der Waals surface area contributed by atoms with E-state index < -0.39 is 6.10 Å². The van der Waals surface area contributed by atoms with Gasteiger partial charge in [0.15, 0.2) is 0 Å². The molecule has 1 atom stereocenters. The van der Waals surface area contributed by atoms with Crippen molar-refractivity contribution in [1.29, 1.82) is 0 Å². The molecule has 1 aromatic heterocycles. The van der Waals surface area contributed by atoms with Crippen molar-refractivity contribution >= 4 is 27.3 Å². The molecule has 1 rings (SSSR count). The van der Waals surface area contributed by atoms with Gasteiger partial charge >= 0.3 is 0 Å². The second kappa shape index (κ2) is 4.97. The highest BCUT2D eigenvalue weighted by molar-refractivity contribution is 9.10. The van der Waals surface area contributed by atoms with E-state index in [1.54, 1.807) is 0 Å². The Morgan fingerprint density at radius 3 is 3.00 bits per heavy atom. The summed E-state index contributed by atoms with van der Waals surface area (Å²) in [7, 11) is 0. The molecule has 0 radical (unpaired) electrons. The first-order chi connectivity index (χ1) is 5.74. The quantitative estimate of drug-likeness (QED) is 0.891. The van der Waals surface area contributed by atoms with Gasteiger partial charge in [-0.2, -0.15) is 0 Å². The Bertz CT molecular complexity index is 237. The van der Waals surface area contributed by atoms with Crippen LogP contribution in [0.4, 0.5) is 0 Å². The van der Waals surface area contributed by atoms with Crippen molar-refractivity contribution in [1.82, 2.24) is 0 Å². The van der Waals surface area contributed by atoms with Crippen LogP contribution < -0.4 is 0 Å². The van der Waals surface area contributed by atoms with Crippen LogP contribution in [-0.2, 0) is 4.74 Å². The average Bonchev–Trinajstić information content (AvgIpc) is 2.47. The molecule has 0 aliphatic heterocycles. The second-order valence-corrected chi connectivity index (χ2v) is 4.20. The Kier molecular flexibility index (Phi) is 4.21. The van der Waals surface area contributed by atoms with Gasteiger partial charge in [-0.3, -0.25) is 0 Å². The summed E-state index contributed by atoms with van der Waals surface area (Å²) >= 11 is 4.86. The van der Waals surface area contributed by atoms with Crippen LogP contribution in [0.5, 0.6) is 0 Å². The van der Waals surface area contributed by atoms with E-state index in [2.05, 4.69) is 15.9 Å². The summed E-state index contributed by atoms with van der Waals surface area (Å²) in [4.78, 5) is 0.940. The summed E-state index contributed by atoms with van der Waals surface area (Å²) < 4.78 is 6.11. The largest absolute Gasteiger partial charge is 0.385 e. The molecule has 0 aromatic carbocycles. The van der Waals surface area contributed by atoms with Crippen molar-refractivity contribution in [2.75, 3.05) is 13.2 Å². The third kappa shape index (κ3) is 2.86. The van der Waals surface area contributed by atoms with E-state index in [1.165, 1.54) is 11.3 Å². The number of hydrogen-bond donors (Lipinski definition) is 1. The molecule has 1 heterocycles. The molecule has 0 bridgehead atoms. The van der Waals surface area contributed by atoms with Crippen LogP contribution in [0.15, 0.2) is 15.9 Å². The topological polar surface area (TPSA) is 29.5 Å². The number of aliphatic hydroxyl groups is 1. The lowest BCUT2D eigenvalue weighted by Gasteiger charge is -2.06. The van der Waals surface area contributed by atoms with Crippen molar-refractivity contribution in [3.05, 3.63) is 20.8 Å². The molecule has 0 spiro atoms. The zero-order valence-corrected chi connectivity index (χ0v) is 9.19. The summed E-state index contributed by atoms with van der Waals surface area (Å²) in [6, 6.07) is 1.91. The lowest BCUT2D eigenvalue weighted by molar-refractivity contribution is 0.0439. The van der Waals surface area contributed by atoms with Gasteiger partial charge in [0.1, 0.15) is 6.10 Å². The van der Waals surface area contributed by atoms with Crippen molar-refractivity contribution in [3.8, 4) is 0 Å². The first-order valence-corrected chi connectivity index (χ1v) is 5.41. The minimum Gasteiger partial charge on any atom is -0.385 e. The van der Waals surface area contributed by atoms with Crippen LogP contribution in [0.25, 0.3) is 0 Å². The lowest BCUT2D eigenvalue weighted by Crippen LogP contribution is -2.04. The summed E-state index contributed by atoms with van der Waals surface area (Å²) in [5.41, 5.74) is 0. The summed E-state index contributed by atoms with van der Waals surface area (Å²) in [6.07, 6.45) is -0.485. The number of hydrogen-bond acceptors (Lipinski definition) is 3. The molecule has 1 unspecified atom stereocenters. The number of aliphatic hydroxyl groups excluding tert-OH is 1. The van der Waals surface area contributed by atoms with E-state index in [9.17, 15) is 5.11 Å². The van der Waals surface area contributed by atoms with Crippen LogP contribution in [-0.4, -0.2) is 18.3 Å². The van der Waals surface area contributed by atoms with Gasteiger partial charge in [-0.05, 0) is 28.9 Å². The molecule has 68 valence electrons. The minimum absolute atomic E-state index is 0.378. The van der Waals surface area contributed by atoms with Gasteiger partial charge in [0.2, 0.25) is 0 Å². The molecule has 4 heteroatoms. The minimum atomic E-state index is -0.485. The van der Waals surface area contributed by atoms with Crippen molar-refractivity contribution in [2.45, 2.75) is 13.0 Å². The molecule has 1 N–H and O–H groups in total. The third-order valence-electron chi connectivity index (χ3n) is 1.40. The molecular formula is C8H11BrO2S. The van der Waals surface area contributed by atoms with Gasteiger partial charge < -0.3 is 9.84 Å². The summed E-state index contributed by atoms with van der Waals surface area (Å²) in [6.45, 7) is 2.93. The lowest BCUT2D eigenvalue weighted by atomic mass is 10.3. The molecule has 0 aliphatic carbocycles. The highest BCUT2D eigenvalue weighted by Crippen LogP contribution is 2.25. The maximum Gasteiger partial charge on any atom is 0.111 e. The van der Waals surface area contributed by atoms with Crippen LogP contribution >= 0.6 is 27.3 Å². The van der Waals surface area contributed by atoms with Crippen molar-refractivity contribution in [2.24, 2.45) is 0 Å². The molecule has 0 saturated heterocycles. The van der Waals surface area contributed by atoms with Crippen LogP contribution in [0, 0.1) is 0 Å². The Morgan fingerprint density at radius 2 is 2.50 bits per heavy atom. The van der Waals surface area contributed by atoms with Crippen LogP contribution in [0.3, 0.4) is 0 Å². The van der Waals surface area contributed by atoms with Gasteiger partial charge in [-0.25, -0.2) is 0 Å². The first kappa shape index (κ1) is 10.2. The van der Waals surface area contributed by atoms with E-state index in [-0.39, 0.29) is 0 Å². The third-order valence-corrected chi connectivity index (χ3v) is 3.19. The molecule has 0 fully saturated rings. The second-order valence-electron chi connectivity index (χ2n) is 2.34. The summed E-state index contributed by atoms with van der Waals surface area (Å²) in [5.74, 6) is 0. The first-order valence-electron chi connectivity index (χ1n) is 3.73. The fourth-order valence-corrected chi connectivity index (χ4v) is 2.23. The Labute approximate surface area is 84.3 Å². The molecule has 0 aliphatic rings. The van der Waals surface area contributed by atoms with Gasteiger partial charge in [-0.1, -0.05) is 0 Å². The normalized spacial score (nSPS) is 13.2. The maximum atomic E-state index is 9.53. The predicted octanol–water partition coefficient (Wildman–Crippen LogP) is 2.58. The molecule has 0 amide bonds. The number of ether oxygens (including phenoxy) is 1. The fraction of sp³-hybridized carbons (Fsp3) is 0.500. The highest BCUT2D eigenvalue weighted by atomic mass is 79.9. The van der Waals surface area contributed by atoms with Gasteiger partial charge in [0, 0.05) is 21.3 Å². The van der Waals surface area contributed by atoms with Gasteiger partial charge in [0.25, 0.3) is 0 Å². The molecule has 12 heavy (non-hydrogen) atoms. The van der Waals surface area contributed by atoms with E-state index in [1.807, 2.05) is 18.4 Å². The summed E-state index contributed by atoms with van der Waals surface area (Å²) in [5, 5.41) is 11.5. The molecular weight excluding hydrogens is 240 g/mol. The molecule has 1 aromatic rings. The zero-order valence-electron chi connectivity index (χ0n) is 6.79. The average molecular weight is 251 g/mol. The SMILES string of the molecule is CCOCC(O)c1cc(Br)cs1. The Morgan fingerprint density at radius 1 is 1.75 bits per heavy atom. The van der Waals surface area contributed by atoms with Gasteiger partial charge in [0.05, 0.1) is 6.61 Å². The van der Waals surface area contributed by atoms with E-state index >= 15 is 0 Å². The van der Waals surface area contributed by atoms with Crippen molar-refractivity contribution < 1.29 is 9.84 Å². The van der Waals surface area contributed by atoms with E-state index in [0.29, 0.717) is 13.2 Å². The monoisotopic (exact) mass is 250 g/mol. The van der Waals surface area contributed by atoms with Gasteiger partial charge in [-0.15, -0.1) is 11.3 Å². The van der Waals surface area contributed by atoms with E-state index in [0.717, 1.165) is 9.35 Å². The number of thiophene rings is 1. The van der Waals surface area contributed by atoms with Crippen LogP contribution in [0.1, 0.15) is 17.9 Å². The van der Waals surface area contributed by atoms with Crippen LogP contribution in [0.2, 0.25) is 0 Å². The standard InChI is InChI=1S/C8H11BrO2S/c1-2-11-4-7(10)8-3-6(9)5-12-8/h3,5,7,10H,2,4H2,1H3. The Balaban J connectivity index is 2.47. The molecule has 0 saturated carbocycles. The Hall–Kier alpha value is 0.1000. The molecule has 2 nitrogen and oxygen atoms in total. The zero-order chi connectivity index (χ0) is 8.97. The van der Waals surface area contributed by atoms with Crippen molar-refractivity contribution in [3.63, 3.8) is 0 Å². The number of halogens is 1. The highest BCUT2D eigenvalue weighted by Gasteiger charge is 2.09. The predicted molar refractivity (Wildman–Crippen MR) is 53.5 cm³/mol. The smallest absolute Gasteiger partial charge is 0.111 e. The fourth-order valence-electron chi connectivity index (χ4n) is 0.815.